The fourth-order valence-electron chi connectivity index (χ4n) is 7.35. The summed E-state index contributed by atoms with van der Waals surface area (Å²) < 4.78 is 39.0. The van der Waals surface area contributed by atoms with Crippen LogP contribution in [0.5, 0.6) is 0 Å². The van der Waals surface area contributed by atoms with Crippen LogP contribution < -0.4 is 0 Å². The maximum absolute atomic E-state index is 9.75. The Morgan fingerprint density at radius 1 is 0.714 bits per heavy atom. The Hall–Kier alpha value is -1.35. The Morgan fingerprint density at radius 3 is 1.51 bits per heavy atom. The van der Waals surface area contributed by atoms with Gasteiger partial charge in [-0.1, -0.05) is 74.7 Å². The fraction of sp³-hybridized carbons (Fsp3) is 0.586. The topological polar surface area (TPSA) is 0 Å². The predicted molar refractivity (Wildman–Crippen MR) is 144 cm³/mol. The van der Waals surface area contributed by atoms with E-state index >= 15 is 0 Å². The van der Waals surface area contributed by atoms with Gasteiger partial charge in [-0.2, -0.15) is 0 Å². The summed E-state index contributed by atoms with van der Waals surface area (Å²) >= 11 is 0. The number of unbranched alkanes of at least 4 members (excludes halogenated alkanes) is 1. The normalized spacial score (nSPS) is 20.2. The van der Waals surface area contributed by atoms with Crippen molar-refractivity contribution in [2.24, 2.45) is 0 Å². The van der Waals surface area contributed by atoms with Gasteiger partial charge in [-0.05, 0) is 75.3 Å². The molecule has 6 heteroatoms. The third-order valence-corrected chi connectivity index (χ3v) is 13.2. The fourth-order valence-corrected chi connectivity index (χ4v) is 13.0. The molecule has 0 radical (unpaired) electrons. The second kappa shape index (κ2) is 11.8. The molecule has 2 saturated carbocycles. The minimum atomic E-state index is -6.00. The van der Waals surface area contributed by atoms with E-state index in [2.05, 4.69) is 55.5 Å². The Balaban J connectivity index is 0.000000527. The lowest BCUT2D eigenvalue weighted by molar-refractivity contribution is 0.368. The van der Waals surface area contributed by atoms with Crippen LogP contribution in [0.1, 0.15) is 102 Å². The van der Waals surface area contributed by atoms with Gasteiger partial charge in [0, 0.05) is 19.0 Å². The predicted octanol–water partition coefficient (Wildman–Crippen LogP) is 10.3. The van der Waals surface area contributed by atoms with Crippen molar-refractivity contribution in [3.05, 3.63) is 59.7 Å². The summed E-state index contributed by atoms with van der Waals surface area (Å²) in [5, 5.41) is 0.345. The first-order valence-corrected chi connectivity index (χ1v) is 15.5. The third kappa shape index (κ3) is 5.98. The van der Waals surface area contributed by atoms with Crippen molar-refractivity contribution in [3.8, 4) is 11.1 Å². The van der Waals surface area contributed by atoms with E-state index in [0.717, 1.165) is 11.3 Å². The summed E-state index contributed by atoms with van der Waals surface area (Å²) in [5.41, 5.74) is 8.62. The largest absolute Gasteiger partial charge is 0.673 e. The number of fused-ring (bicyclic) bond motifs is 3. The standard InChI is InChI=1S/C29H39P.BF4/c1-2-3-22-29(27-20-12-10-18-25(27)26-19-11-13-21-28(26)29)30(23-14-6-4-7-15-23)24-16-8-5-9-17-24;2-1(3,4)5/h10-13,18-21,23-24H,2-9,14-17,22H2,1H3;/q;-1/p+1. The van der Waals surface area contributed by atoms with Gasteiger partial charge in [-0.25, -0.2) is 0 Å². The molecule has 2 fully saturated rings. The van der Waals surface area contributed by atoms with Gasteiger partial charge in [0.25, 0.3) is 0 Å². The number of benzene rings is 2. The van der Waals surface area contributed by atoms with E-state index in [0.29, 0.717) is 5.16 Å². The van der Waals surface area contributed by atoms with Gasteiger partial charge in [0.15, 0.2) is 0 Å². The highest BCUT2D eigenvalue weighted by Gasteiger charge is 2.58. The van der Waals surface area contributed by atoms with Crippen molar-refractivity contribution in [2.45, 2.75) is 107 Å². The summed E-state index contributed by atoms with van der Waals surface area (Å²) in [6, 6.07) is 19.2. The molecule has 35 heavy (non-hydrogen) atoms. The molecule has 0 nitrogen and oxygen atoms in total. The molecule has 2 aromatic rings. The SMILES string of the molecule is CCCCC1([PH+](C2CCCCC2)C2CCCCC2)c2ccccc2-c2ccccc21.F[B-](F)(F)F. The van der Waals surface area contributed by atoms with Gasteiger partial charge in [0.05, 0.1) is 11.3 Å². The van der Waals surface area contributed by atoms with Crippen molar-refractivity contribution in [2.75, 3.05) is 0 Å². The van der Waals surface area contributed by atoms with Crippen LogP contribution in [0.4, 0.5) is 17.3 Å². The molecule has 0 amide bonds. The lowest BCUT2D eigenvalue weighted by atomic mass is 9.90. The van der Waals surface area contributed by atoms with E-state index in [4.69, 9.17) is 0 Å². The monoisotopic (exact) mass is 506 g/mol. The van der Waals surface area contributed by atoms with E-state index in [-0.39, 0.29) is 0 Å². The first kappa shape index (κ1) is 26.7. The van der Waals surface area contributed by atoms with Gasteiger partial charge in [-0.3, -0.25) is 0 Å². The molecule has 0 aliphatic heterocycles. The summed E-state index contributed by atoms with van der Waals surface area (Å²) in [7, 11) is -6.58. The van der Waals surface area contributed by atoms with Gasteiger partial charge in [0.1, 0.15) is 5.16 Å². The van der Waals surface area contributed by atoms with E-state index in [9.17, 15) is 17.3 Å². The van der Waals surface area contributed by atoms with E-state index in [1.165, 1.54) is 83.5 Å². The summed E-state index contributed by atoms with van der Waals surface area (Å²) in [5.74, 6) is 0. The molecule has 0 heterocycles. The van der Waals surface area contributed by atoms with Crippen molar-refractivity contribution in [3.63, 3.8) is 0 Å². The van der Waals surface area contributed by atoms with Gasteiger partial charge in [0.2, 0.25) is 0 Å². The number of rotatable bonds is 6. The third-order valence-electron chi connectivity index (χ3n) is 8.55. The molecule has 192 valence electrons. The molecule has 3 aliphatic carbocycles. The Labute approximate surface area is 210 Å². The Kier molecular flexibility index (Phi) is 9.01. The molecule has 0 spiro atoms. The Bertz CT molecular complexity index is 878. The summed E-state index contributed by atoms with van der Waals surface area (Å²) in [6.07, 6.45) is 19.0. The van der Waals surface area contributed by atoms with Gasteiger partial charge in [-0.15, -0.1) is 0 Å². The summed E-state index contributed by atoms with van der Waals surface area (Å²) in [6.45, 7) is 2.40. The van der Waals surface area contributed by atoms with Crippen LogP contribution in [-0.4, -0.2) is 18.6 Å². The van der Waals surface area contributed by atoms with Crippen molar-refractivity contribution >= 4 is 15.2 Å². The van der Waals surface area contributed by atoms with Crippen LogP contribution in [-0.2, 0) is 5.16 Å². The van der Waals surface area contributed by atoms with E-state index in [1.54, 1.807) is 22.3 Å². The Morgan fingerprint density at radius 2 is 1.11 bits per heavy atom. The molecule has 0 N–H and O–H groups in total. The number of hydrogen-bond acceptors (Lipinski definition) is 0. The van der Waals surface area contributed by atoms with Crippen LogP contribution >= 0.6 is 7.92 Å². The molecule has 0 atom stereocenters. The maximum Gasteiger partial charge on any atom is 0.673 e. The van der Waals surface area contributed by atoms with Crippen LogP contribution in [0.3, 0.4) is 0 Å². The highest BCUT2D eigenvalue weighted by atomic mass is 31.1. The zero-order valence-corrected chi connectivity index (χ0v) is 22.1. The average Bonchev–Trinajstić information content (AvgIpc) is 3.14. The minimum absolute atomic E-state index is 0.345. The zero-order chi connectivity index (χ0) is 24.9. The lowest BCUT2D eigenvalue weighted by Crippen LogP contribution is -2.34. The van der Waals surface area contributed by atoms with E-state index < -0.39 is 15.2 Å². The van der Waals surface area contributed by atoms with Crippen molar-refractivity contribution in [1.82, 2.24) is 0 Å². The molecule has 3 aliphatic rings. The molecule has 0 saturated heterocycles. The lowest BCUT2D eigenvalue weighted by Gasteiger charge is -2.44. The molecule has 2 aromatic carbocycles. The molecular weight excluding hydrogens is 466 g/mol. The van der Waals surface area contributed by atoms with E-state index in [1.807, 2.05) is 0 Å². The maximum atomic E-state index is 9.75. The average molecular weight is 506 g/mol. The van der Waals surface area contributed by atoms with Crippen LogP contribution in [0.2, 0.25) is 0 Å². The van der Waals surface area contributed by atoms with Crippen LogP contribution in [0.15, 0.2) is 48.5 Å². The first-order valence-electron chi connectivity index (χ1n) is 13.8. The van der Waals surface area contributed by atoms with Crippen molar-refractivity contribution in [1.29, 1.82) is 0 Å². The first-order chi connectivity index (χ1) is 16.9. The van der Waals surface area contributed by atoms with Crippen LogP contribution in [0.25, 0.3) is 11.1 Å². The molecule has 0 unspecified atom stereocenters. The smallest absolute Gasteiger partial charge is 0.418 e. The minimum Gasteiger partial charge on any atom is -0.418 e. The highest BCUT2D eigenvalue weighted by Crippen LogP contribution is 2.74. The van der Waals surface area contributed by atoms with Gasteiger partial charge < -0.3 is 17.3 Å². The molecule has 0 bridgehead atoms. The highest BCUT2D eigenvalue weighted by molar-refractivity contribution is 7.60. The molecule has 5 rings (SSSR count). The van der Waals surface area contributed by atoms with Crippen LogP contribution in [0, 0.1) is 0 Å². The second-order valence-corrected chi connectivity index (χ2v) is 14.1. The second-order valence-electron chi connectivity index (χ2n) is 10.7. The number of halogens is 4. The number of hydrogen-bond donors (Lipinski definition) is 0. The van der Waals surface area contributed by atoms with Crippen molar-refractivity contribution < 1.29 is 17.3 Å². The quantitative estimate of drug-likeness (QED) is 0.208. The molecular formula is C29H40BF4P. The zero-order valence-electron chi connectivity index (χ0n) is 21.1. The summed E-state index contributed by atoms with van der Waals surface area (Å²) in [4.78, 5) is 0. The van der Waals surface area contributed by atoms with Gasteiger partial charge >= 0.3 is 7.25 Å². The molecule has 0 aromatic heterocycles.